The summed E-state index contributed by atoms with van der Waals surface area (Å²) in [7, 11) is 0. The lowest BCUT2D eigenvalue weighted by atomic mass is 9.99. The van der Waals surface area contributed by atoms with E-state index in [2.05, 4.69) is 47.1 Å². The van der Waals surface area contributed by atoms with Crippen molar-refractivity contribution in [3.63, 3.8) is 0 Å². The molecule has 44 heavy (non-hydrogen) atoms. The topological polar surface area (TPSA) is 118 Å². The number of hydrogen-bond acceptors (Lipinski definition) is 7. The summed E-state index contributed by atoms with van der Waals surface area (Å²) in [6, 6.07) is 6.49. The van der Waals surface area contributed by atoms with Gasteiger partial charge in [-0.2, -0.15) is 0 Å². The highest BCUT2D eigenvalue weighted by Gasteiger charge is 2.18. The number of carbonyl (C=O) groups excluding carboxylic acids is 1. The molecule has 0 aromatic carbocycles. The first-order valence-corrected chi connectivity index (χ1v) is 16.9. The van der Waals surface area contributed by atoms with Gasteiger partial charge in [0.25, 0.3) is 5.91 Å². The molecule has 1 amide bonds. The lowest BCUT2D eigenvalue weighted by Gasteiger charge is -2.08. The van der Waals surface area contributed by atoms with Crippen molar-refractivity contribution in [2.24, 2.45) is 5.73 Å². The standard InChI is InChI=1S/C15H14BrFN2OS.C9H10O2S.C6H6BrFN2.ClH/c16-10-6-11(17)12(18-7-10)8-19-15(20)14-5-9-3-1-2-4-13(9)21-14;10-9(11)8-5-6-3-1-2-4-7(6)12-8;7-4-1-5(8)6(2-9)10-3-4;/h5-7H,1-4,8H2,(H,19,20);5H,1-4H2,(H,10,11);1,3H,2,9H2;1H. The SMILES string of the molecule is Cl.NCc1ncc(Br)cc1F.O=C(NCc1ncc(Br)cc1F)c1cc2c(s1)CCCC2.O=C(O)c1cc2c(s1)CCCC2. The van der Waals surface area contributed by atoms with Crippen LogP contribution in [0.1, 0.15) is 77.3 Å². The van der Waals surface area contributed by atoms with Gasteiger partial charge in [-0.15, -0.1) is 35.1 Å². The van der Waals surface area contributed by atoms with Crippen LogP contribution in [0.4, 0.5) is 8.78 Å². The number of carboxylic acid groups (broad SMARTS) is 1. The molecule has 4 aromatic heterocycles. The maximum atomic E-state index is 13.6. The number of rotatable bonds is 5. The molecule has 4 aromatic rings. The molecule has 6 rings (SSSR count). The molecule has 0 saturated carbocycles. The number of hydrogen-bond donors (Lipinski definition) is 3. The highest BCUT2D eigenvalue weighted by atomic mass is 79.9. The van der Waals surface area contributed by atoms with E-state index in [1.807, 2.05) is 12.1 Å². The van der Waals surface area contributed by atoms with Crippen molar-refractivity contribution in [2.75, 3.05) is 0 Å². The van der Waals surface area contributed by atoms with Gasteiger partial charge in [0.05, 0.1) is 22.8 Å². The molecule has 2 aliphatic carbocycles. The molecule has 4 heterocycles. The molecule has 0 saturated heterocycles. The first-order chi connectivity index (χ1) is 20.6. The Morgan fingerprint density at radius 2 is 1.30 bits per heavy atom. The molecule has 7 nitrogen and oxygen atoms in total. The Morgan fingerprint density at radius 3 is 1.77 bits per heavy atom. The molecular formula is C30H31Br2ClF2N4O3S2. The van der Waals surface area contributed by atoms with Crippen LogP contribution in [-0.2, 0) is 38.8 Å². The lowest BCUT2D eigenvalue weighted by molar-refractivity contribution is 0.0701. The second-order valence-corrected chi connectivity index (χ2v) is 14.0. The number of amides is 1. The van der Waals surface area contributed by atoms with Crippen LogP contribution in [0, 0.1) is 11.6 Å². The normalized spacial score (nSPS) is 13.1. The fourth-order valence-corrected chi connectivity index (χ4v) is 7.48. The molecule has 0 atom stereocenters. The number of aromatic carboxylic acids is 1. The number of pyridine rings is 2. The van der Waals surface area contributed by atoms with Gasteiger partial charge in [0.15, 0.2) is 0 Å². The predicted octanol–water partition coefficient (Wildman–Crippen LogP) is 8.04. The molecule has 4 N–H and O–H groups in total. The number of nitrogens with one attached hydrogen (secondary N) is 1. The maximum absolute atomic E-state index is 13.6. The van der Waals surface area contributed by atoms with Crippen LogP contribution >= 0.6 is 66.9 Å². The fourth-order valence-electron chi connectivity index (χ4n) is 4.62. The number of aromatic nitrogens is 2. The smallest absolute Gasteiger partial charge is 0.345 e. The van der Waals surface area contributed by atoms with Crippen molar-refractivity contribution < 1.29 is 23.5 Å². The molecule has 236 valence electrons. The highest BCUT2D eigenvalue weighted by Crippen LogP contribution is 2.30. The zero-order chi connectivity index (χ0) is 30.9. The predicted molar refractivity (Wildman–Crippen MR) is 179 cm³/mol. The van der Waals surface area contributed by atoms with Crippen LogP contribution in [0.25, 0.3) is 0 Å². The van der Waals surface area contributed by atoms with Crippen molar-refractivity contribution >= 4 is 78.8 Å². The maximum Gasteiger partial charge on any atom is 0.345 e. The third-order valence-electron chi connectivity index (χ3n) is 6.81. The number of nitrogens with zero attached hydrogens (tertiary/aromatic N) is 2. The van der Waals surface area contributed by atoms with Crippen molar-refractivity contribution in [2.45, 2.75) is 64.5 Å². The van der Waals surface area contributed by atoms with Gasteiger partial charge in [0, 0.05) is 37.6 Å². The van der Waals surface area contributed by atoms with Crippen LogP contribution in [0.5, 0.6) is 0 Å². The molecule has 0 unspecified atom stereocenters. The largest absolute Gasteiger partial charge is 0.477 e. The zero-order valence-corrected chi connectivity index (χ0v) is 29.1. The number of nitrogens with two attached hydrogens (primary N) is 1. The van der Waals surface area contributed by atoms with Crippen LogP contribution in [0.3, 0.4) is 0 Å². The summed E-state index contributed by atoms with van der Waals surface area (Å²) in [6.07, 6.45) is 12.1. The molecule has 0 aliphatic heterocycles. The Kier molecular flexibility index (Phi) is 14.3. The molecule has 0 bridgehead atoms. The van der Waals surface area contributed by atoms with E-state index in [0.29, 0.717) is 24.4 Å². The summed E-state index contributed by atoms with van der Waals surface area (Å²) in [6.45, 7) is 0.236. The van der Waals surface area contributed by atoms with Gasteiger partial charge in [-0.3, -0.25) is 14.8 Å². The second-order valence-electron chi connectivity index (χ2n) is 9.89. The van der Waals surface area contributed by atoms with Crippen molar-refractivity contribution in [1.82, 2.24) is 15.3 Å². The van der Waals surface area contributed by atoms with Crippen LogP contribution in [-0.4, -0.2) is 27.0 Å². The summed E-state index contributed by atoms with van der Waals surface area (Å²) in [5, 5.41) is 11.5. The summed E-state index contributed by atoms with van der Waals surface area (Å²) in [5.41, 5.74) is 8.28. The number of aryl methyl sites for hydroxylation is 4. The fraction of sp³-hybridized carbons (Fsp3) is 0.333. The number of thiophene rings is 2. The number of carbonyl (C=O) groups is 2. The molecule has 14 heteroatoms. The first-order valence-electron chi connectivity index (χ1n) is 13.7. The van der Waals surface area contributed by atoms with Gasteiger partial charge in [0.2, 0.25) is 0 Å². The minimum absolute atomic E-state index is 0. The third-order valence-corrected chi connectivity index (χ3v) is 10.1. The quantitative estimate of drug-likeness (QED) is 0.188. The van der Waals surface area contributed by atoms with Gasteiger partial charge in [0.1, 0.15) is 16.5 Å². The first kappa shape index (κ1) is 36.2. The Hall–Kier alpha value is -2.29. The summed E-state index contributed by atoms with van der Waals surface area (Å²) in [4.78, 5) is 34.3. The van der Waals surface area contributed by atoms with E-state index in [1.165, 1.54) is 82.4 Å². The van der Waals surface area contributed by atoms with Crippen LogP contribution in [0.15, 0.2) is 45.6 Å². The summed E-state index contributed by atoms with van der Waals surface area (Å²) in [5.74, 6) is -1.72. The van der Waals surface area contributed by atoms with E-state index in [-0.39, 0.29) is 42.9 Å². The van der Waals surface area contributed by atoms with Crippen LogP contribution in [0.2, 0.25) is 0 Å². The average Bonchev–Trinajstić information content (AvgIpc) is 3.62. The van der Waals surface area contributed by atoms with E-state index in [1.54, 1.807) is 11.3 Å². The zero-order valence-electron chi connectivity index (χ0n) is 23.5. The third kappa shape index (κ3) is 10.1. The van der Waals surface area contributed by atoms with Gasteiger partial charge >= 0.3 is 5.97 Å². The van der Waals surface area contributed by atoms with E-state index < -0.39 is 11.8 Å². The minimum atomic E-state index is -0.783. The summed E-state index contributed by atoms with van der Waals surface area (Å²) < 4.78 is 27.5. The molecule has 0 radical (unpaired) electrons. The molecular weight excluding hydrogens is 762 g/mol. The van der Waals surface area contributed by atoms with E-state index in [9.17, 15) is 18.4 Å². The van der Waals surface area contributed by atoms with E-state index in [4.69, 9.17) is 10.8 Å². The Labute approximate surface area is 285 Å². The molecule has 2 aliphatic rings. The second kappa shape index (κ2) is 17.4. The number of halogens is 5. The highest BCUT2D eigenvalue weighted by molar-refractivity contribution is 9.10. The number of carboxylic acids is 1. The van der Waals surface area contributed by atoms with Gasteiger partial charge in [-0.1, -0.05) is 0 Å². The van der Waals surface area contributed by atoms with E-state index in [0.717, 1.165) is 25.7 Å². The van der Waals surface area contributed by atoms with Crippen molar-refractivity contribution in [3.8, 4) is 0 Å². The summed E-state index contributed by atoms with van der Waals surface area (Å²) >= 11 is 9.23. The van der Waals surface area contributed by atoms with Gasteiger partial charge in [-0.05, 0) is 119 Å². The molecule has 0 fully saturated rings. The molecule has 0 spiro atoms. The number of fused-ring (bicyclic) bond motifs is 2. The van der Waals surface area contributed by atoms with Gasteiger partial charge < -0.3 is 16.2 Å². The Morgan fingerprint density at radius 1 is 0.818 bits per heavy atom. The lowest BCUT2D eigenvalue weighted by Crippen LogP contribution is -2.23. The van der Waals surface area contributed by atoms with E-state index >= 15 is 0 Å². The Bertz CT molecular complexity index is 1560. The monoisotopic (exact) mass is 790 g/mol. The Balaban J connectivity index is 0.000000196. The van der Waals surface area contributed by atoms with Crippen molar-refractivity contribution in [3.05, 3.63) is 99.3 Å². The van der Waals surface area contributed by atoms with Gasteiger partial charge in [-0.25, -0.2) is 13.6 Å². The average molecular weight is 793 g/mol. The minimum Gasteiger partial charge on any atom is -0.477 e. The van der Waals surface area contributed by atoms with Crippen molar-refractivity contribution in [1.29, 1.82) is 0 Å². The van der Waals surface area contributed by atoms with Crippen LogP contribution < -0.4 is 11.1 Å².